The molecule has 124 valence electrons. The molecule has 0 saturated carbocycles. The Hall–Kier alpha value is -2.44. The second-order valence-corrected chi connectivity index (χ2v) is 6.07. The monoisotopic (exact) mass is 320 g/mol. The van der Waals surface area contributed by atoms with E-state index in [0.29, 0.717) is 43.4 Å². The minimum atomic E-state index is -0.853. The van der Waals surface area contributed by atoms with E-state index in [-0.39, 0.29) is 18.5 Å². The van der Waals surface area contributed by atoms with Gasteiger partial charge >= 0.3 is 12.0 Å². The summed E-state index contributed by atoms with van der Waals surface area (Å²) in [5.41, 5.74) is 0.601. The highest BCUT2D eigenvalue weighted by molar-refractivity contribution is 5.90. The number of urea groups is 1. The summed E-state index contributed by atoms with van der Waals surface area (Å²) in [7, 11) is 0. The predicted molar refractivity (Wildman–Crippen MR) is 82.9 cm³/mol. The quantitative estimate of drug-likeness (QED) is 0.870. The molecule has 7 nitrogen and oxygen atoms in total. The number of fused-ring (bicyclic) bond motifs is 1. The maximum atomic E-state index is 12.4. The van der Waals surface area contributed by atoms with Crippen molar-refractivity contribution in [3.8, 4) is 11.5 Å². The van der Waals surface area contributed by atoms with Crippen LogP contribution in [0.15, 0.2) is 18.2 Å². The van der Waals surface area contributed by atoms with E-state index < -0.39 is 11.9 Å². The van der Waals surface area contributed by atoms with Gasteiger partial charge in [-0.3, -0.25) is 4.79 Å². The van der Waals surface area contributed by atoms with E-state index in [1.165, 1.54) is 0 Å². The number of benzene rings is 1. The fourth-order valence-electron chi connectivity index (χ4n) is 3.02. The number of carboxylic acid groups (broad SMARTS) is 1. The molecule has 0 radical (unpaired) electrons. The van der Waals surface area contributed by atoms with Gasteiger partial charge in [0, 0.05) is 24.8 Å². The van der Waals surface area contributed by atoms with E-state index in [0.717, 1.165) is 0 Å². The minimum Gasteiger partial charge on any atom is -0.486 e. The Bertz CT molecular complexity index is 618. The van der Waals surface area contributed by atoms with Crippen molar-refractivity contribution in [2.24, 2.45) is 11.8 Å². The van der Waals surface area contributed by atoms with Crippen LogP contribution >= 0.6 is 0 Å². The van der Waals surface area contributed by atoms with Crippen LogP contribution in [0.2, 0.25) is 0 Å². The van der Waals surface area contributed by atoms with Crippen molar-refractivity contribution in [3.05, 3.63) is 18.2 Å². The average Bonchev–Trinajstić information content (AvgIpc) is 2.54. The molecule has 7 heteroatoms. The summed E-state index contributed by atoms with van der Waals surface area (Å²) in [4.78, 5) is 25.2. The summed E-state index contributed by atoms with van der Waals surface area (Å²) in [5, 5.41) is 12.0. The van der Waals surface area contributed by atoms with Gasteiger partial charge in [0.1, 0.15) is 13.2 Å². The fourth-order valence-corrected chi connectivity index (χ4v) is 3.02. The second-order valence-electron chi connectivity index (χ2n) is 6.07. The number of carbonyl (C=O) groups excluding carboxylic acids is 1. The number of amides is 2. The number of rotatable bonds is 2. The van der Waals surface area contributed by atoms with Crippen LogP contribution in [-0.2, 0) is 4.79 Å². The molecule has 0 spiro atoms. The zero-order valence-electron chi connectivity index (χ0n) is 12.9. The Morgan fingerprint density at radius 3 is 2.70 bits per heavy atom. The number of ether oxygens (including phenoxy) is 2. The molecular weight excluding hydrogens is 300 g/mol. The van der Waals surface area contributed by atoms with Crippen molar-refractivity contribution in [2.45, 2.75) is 13.3 Å². The molecule has 2 unspecified atom stereocenters. The first-order valence-corrected chi connectivity index (χ1v) is 7.71. The van der Waals surface area contributed by atoms with Gasteiger partial charge in [0.2, 0.25) is 0 Å². The van der Waals surface area contributed by atoms with Crippen molar-refractivity contribution < 1.29 is 24.2 Å². The van der Waals surface area contributed by atoms with Crippen LogP contribution in [0.25, 0.3) is 0 Å². The molecule has 3 rings (SSSR count). The standard InChI is InChI=1S/C16H20N2O5/c1-10-6-11(15(19)20)9-18(8-10)16(21)17-12-2-3-13-14(7-12)23-5-4-22-13/h2-3,7,10-11H,4-6,8-9H2,1H3,(H,17,21)(H,19,20). The third kappa shape index (κ3) is 3.49. The lowest BCUT2D eigenvalue weighted by Gasteiger charge is -2.34. The molecule has 2 aliphatic heterocycles. The third-order valence-corrected chi connectivity index (χ3v) is 4.09. The van der Waals surface area contributed by atoms with Crippen LogP contribution in [0, 0.1) is 11.8 Å². The van der Waals surface area contributed by atoms with E-state index in [2.05, 4.69) is 5.32 Å². The largest absolute Gasteiger partial charge is 0.486 e. The van der Waals surface area contributed by atoms with Gasteiger partial charge in [0.25, 0.3) is 0 Å². The zero-order valence-corrected chi connectivity index (χ0v) is 12.9. The molecule has 2 aliphatic rings. The van der Waals surface area contributed by atoms with Crippen molar-refractivity contribution in [1.82, 2.24) is 4.90 Å². The van der Waals surface area contributed by atoms with Gasteiger partial charge < -0.3 is 24.8 Å². The first kappa shape index (κ1) is 15.5. The third-order valence-electron chi connectivity index (χ3n) is 4.09. The van der Waals surface area contributed by atoms with E-state index in [1.807, 2.05) is 6.92 Å². The highest BCUT2D eigenvalue weighted by atomic mass is 16.6. The zero-order chi connectivity index (χ0) is 16.4. The number of carboxylic acids is 1. The first-order chi connectivity index (χ1) is 11.0. The van der Waals surface area contributed by atoms with Gasteiger partial charge in [0.15, 0.2) is 11.5 Å². The molecule has 2 atom stereocenters. The van der Waals surface area contributed by atoms with E-state index in [4.69, 9.17) is 9.47 Å². The topological polar surface area (TPSA) is 88.1 Å². The second kappa shape index (κ2) is 6.36. The van der Waals surface area contributed by atoms with Gasteiger partial charge in [-0.15, -0.1) is 0 Å². The Balaban J connectivity index is 1.67. The lowest BCUT2D eigenvalue weighted by Crippen LogP contribution is -2.47. The molecule has 0 aliphatic carbocycles. The fraction of sp³-hybridized carbons (Fsp3) is 0.500. The first-order valence-electron chi connectivity index (χ1n) is 7.71. The number of nitrogens with one attached hydrogen (secondary N) is 1. The van der Waals surface area contributed by atoms with Crippen LogP contribution in [0.3, 0.4) is 0 Å². The molecule has 0 bridgehead atoms. The van der Waals surface area contributed by atoms with Crippen molar-refractivity contribution >= 4 is 17.7 Å². The lowest BCUT2D eigenvalue weighted by molar-refractivity contribution is -0.143. The molecule has 2 amide bonds. The maximum absolute atomic E-state index is 12.4. The highest BCUT2D eigenvalue weighted by Gasteiger charge is 2.32. The van der Waals surface area contributed by atoms with E-state index in [9.17, 15) is 14.7 Å². The Kier molecular flexibility index (Phi) is 4.27. The number of piperidine rings is 1. The van der Waals surface area contributed by atoms with Crippen LogP contribution in [0.5, 0.6) is 11.5 Å². The molecule has 2 heterocycles. The minimum absolute atomic E-state index is 0.163. The maximum Gasteiger partial charge on any atom is 0.321 e. The van der Waals surface area contributed by atoms with Crippen molar-refractivity contribution in [1.29, 1.82) is 0 Å². The van der Waals surface area contributed by atoms with Gasteiger partial charge in [0.05, 0.1) is 5.92 Å². The highest BCUT2D eigenvalue weighted by Crippen LogP contribution is 2.32. The van der Waals surface area contributed by atoms with Gasteiger partial charge in [-0.25, -0.2) is 4.79 Å². The molecule has 1 aromatic carbocycles. The predicted octanol–water partition coefficient (Wildman–Crippen LogP) is 2.03. The molecule has 1 aromatic rings. The Labute approximate surface area is 134 Å². The average molecular weight is 320 g/mol. The van der Waals surface area contributed by atoms with Crippen LogP contribution in [0.4, 0.5) is 10.5 Å². The molecule has 23 heavy (non-hydrogen) atoms. The summed E-state index contributed by atoms with van der Waals surface area (Å²) < 4.78 is 10.9. The SMILES string of the molecule is CC1CC(C(=O)O)CN(C(=O)Nc2ccc3c(c2)OCCO3)C1. The number of anilines is 1. The smallest absolute Gasteiger partial charge is 0.321 e. The van der Waals surface area contributed by atoms with Gasteiger partial charge in [-0.05, 0) is 24.5 Å². The van der Waals surface area contributed by atoms with E-state index in [1.54, 1.807) is 23.1 Å². The molecule has 2 N–H and O–H groups in total. The van der Waals surface area contributed by atoms with Crippen molar-refractivity contribution in [2.75, 3.05) is 31.6 Å². The summed E-state index contributed by atoms with van der Waals surface area (Å²) in [6.07, 6.45) is 0.600. The van der Waals surface area contributed by atoms with Crippen LogP contribution < -0.4 is 14.8 Å². The number of hydrogen-bond acceptors (Lipinski definition) is 4. The van der Waals surface area contributed by atoms with Crippen LogP contribution in [-0.4, -0.2) is 48.3 Å². The Morgan fingerprint density at radius 2 is 1.96 bits per heavy atom. The Morgan fingerprint density at radius 1 is 1.22 bits per heavy atom. The number of hydrogen-bond donors (Lipinski definition) is 2. The van der Waals surface area contributed by atoms with Gasteiger partial charge in [-0.2, -0.15) is 0 Å². The van der Waals surface area contributed by atoms with Gasteiger partial charge in [-0.1, -0.05) is 6.92 Å². The normalized spacial score (nSPS) is 23.3. The molecule has 1 saturated heterocycles. The lowest BCUT2D eigenvalue weighted by atomic mass is 9.91. The number of nitrogens with zero attached hydrogens (tertiary/aromatic N) is 1. The molecule has 1 fully saturated rings. The summed E-state index contributed by atoms with van der Waals surface area (Å²) in [6.45, 7) is 3.74. The summed E-state index contributed by atoms with van der Waals surface area (Å²) >= 11 is 0. The van der Waals surface area contributed by atoms with Crippen LogP contribution in [0.1, 0.15) is 13.3 Å². The number of likely N-dealkylation sites (tertiary alicyclic amines) is 1. The molecular formula is C16H20N2O5. The number of carbonyl (C=O) groups is 2. The summed E-state index contributed by atoms with van der Waals surface area (Å²) in [5.74, 6) is 0.0607. The van der Waals surface area contributed by atoms with E-state index >= 15 is 0 Å². The summed E-state index contributed by atoms with van der Waals surface area (Å²) in [6, 6.07) is 4.92. The molecule has 0 aromatic heterocycles. The van der Waals surface area contributed by atoms with Crippen molar-refractivity contribution in [3.63, 3.8) is 0 Å². The number of aliphatic carboxylic acids is 1.